The van der Waals surface area contributed by atoms with E-state index in [1.165, 1.54) is 37.8 Å². The number of anilines is 1. The molecule has 0 bridgehead atoms. The van der Waals surface area contributed by atoms with E-state index in [-0.39, 0.29) is 23.5 Å². The Bertz CT molecular complexity index is 760. The van der Waals surface area contributed by atoms with E-state index in [2.05, 4.69) is 5.32 Å². The van der Waals surface area contributed by atoms with Gasteiger partial charge in [0.25, 0.3) is 5.91 Å². The molecule has 0 aliphatic carbocycles. The standard InChI is InChI=1S/C18H19FN2O4/c1-24-16-9-14(19)4-5-15(16)20-17(22)12-3-2-7-21(10-12)18(23)13-6-8-25-11-13/h4-6,8-9,11-12H,2-3,7,10H2,1H3,(H,20,22). The maximum absolute atomic E-state index is 13.3. The summed E-state index contributed by atoms with van der Waals surface area (Å²) >= 11 is 0. The van der Waals surface area contributed by atoms with E-state index in [0.717, 1.165) is 6.42 Å². The summed E-state index contributed by atoms with van der Waals surface area (Å²) < 4.78 is 23.3. The average Bonchev–Trinajstić information content (AvgIpc) is 3.17. The molecule has 1 aliphatic heterocycles. The minimum Gasteiger partial charge on any atom is -0.494 e. The summed E-state index contributed by atoms with van der Waals surface area (Å²) in [6.45, 7) is 0.938. The Morgan fingerprint density at radius 2 is 2.20 bits per heavy atom. The molecule has 1 aliphatic rings. The van der Waals surface area contributed by atoms with Crippen molar-refractivity contribution in [2.45, 2.75) is 12.8 Å². The average molecular weight is 346 g/mol. The minimum absolute atomic E-state index is 0.148. The van der Waals surface area contributed by atoms with E-state index in [1.807, 2.05) is 0 Å². The van der Waals surface area contributed by atoms with Crippen LogP contribution >= 0.6 is 0 Å². The number of hydrogen-bond donors (Lipinski definition) is 1. The molecule has 2 amide bonds. The second kappa shape index (κ2) is 7.38. The second-order valence-corrected chi connectivity index (χ2v) is 5.94. The van der Waals surface area contributed by atoms with Gasteiger partial charge >= 0.3 is 0 Å². The van der Waals surface area contributed by atoms with Crippen LogP contribution in [0, 0.1) is 11.7 Å². The van der Waals surface area contributed by atoms with Gasteiger partial charge in [0.15, 0.2) is 0 Å². The molecule has 1 fully saturated rings. The number of piperidine rings is 1. The fourth-order valence-electron chi connectivity index (χ4n) is 2.95. The highest BCUT2D eigenvalue weighted by Gasteiger charge is 2.29. The number of nitrogens with one attached hydrogen (secondary N) is 1. The highest BCUT2D eigenvalue weighted by atomic mass is 19.1. The van der Waals surface area contributed by atoms with E-state index >= 15 is 0 Å². The van der Waals surface area contributed by atoms with Crippen LogP contribution in [0.4, 0.5) is 10.1 Å². The van der Waals surface area contributed by atoms with Crippen LogP contribution in [0.1, 0.15) is 23.2 Å². The Kier molecular flexibility index (Phi) is 5.02. The first-order valence-electron chi connectivity index (χ1n) is 8.04. The first-order chi connectivity index (χ1) is 12.1. The van der Waals surface area contributed by atoms with Crippen LogP contribution in [0.3, 0.4) is 0 Å². The van der Waals surface area contributed by atoms with Gasteiger partial charge in [-0.3, -0.25) is 9.59 Å². The van der Waals surface area contributed by atoms with Gasteiger partial charge in [0, 0.05) is 19.2 Å². The number of rotatable bonds is 4. The Morgan fingerprint density at radius 1 is 1.36 bits per heavy atom. The number of nitrogens with zero attached hydrogens (tertiary/aromatic N) is 1. The first-order valence-corrected chi connectivity index (χ1v) is 8.04. The number of hydrogen-bond acceptors (Lipinski definition) is 4. The molecular formula is C18H19FN2O4. The highest BCUT2D eigenvalue weighted by Crippen LogP contribution is 2.27. The van der Waals surface area contributed by atoms with Gasteiger partial charge in [-0.25, -0.2) is 4.39 Å². The van der Waals surface area contributed by atoms with E-state index < -0.39 is 5.82 Å². The smallest absolute Gasteiger partial charge is 0.257 e. The summed E-state index contributed by atoms with van der Waals surface area (Å²) in [7, 11) is 1.41. The van der Waals surface area contributed by atoms with Crippen LogP contribution in [0.5, 0.6) is 5.75 Å². The fraction of sp³-hybridized carbons (Fsp3) is 0.333. The maximum atomic E-state index is 13.3. The van der Waals surface area contributed by atoms with Crippen LogP contribution in [0.2, 0.25) is 0 Å². The van der Waals surface area contributed by atoms with Crippen molar-refractivity contribution in [3.63, 3.8) is 0 Å². The molecule has 0 radical (unpaired) electrons. The predicted octanol–water partition coefficient (Wildman–Crippen LogP) is 2.92. The SMILES string of the molecule is COc1cc(F)ccc1NC(=O)C1CCCN(C(=O)c2ccoc2)C1. The molecule has 3 rings (SSSR count). The van der Waals surface area contributed by atoms with Crippen molar-refractivity contribution < 1.29 is 23.1 Å². The van der Waals surface area contributed by atoms with Crippen molar-refractivity contribution in [2.75, 3.05) is 25.5 Å². The van der Waals surface area contributed by atoms with Gasteiger partial charge in [-0.15, -0.1) is 0 Å². The fourth-order valence-corrected chi connectivity index (χ4v) is 2.95. The number of carbonyl (C=O) groups is 2. The summed E-state index contributed by atoms with van der Waals surface area (Å²) in [6.07, 6.45) is 4.27. The van der Waals surface area contributed by atoms with Crippen LogP contribution < -0.4 is 10.1 Å². The van der Waals surface area contributed by atoms with E-state index in [9.17, 15) is 14.0 Å². The number of ether oxygens (including phenoxy) is 1. The molecular weight excluding hydrogens is 327 g/mol. The molecule has 1 atom stereocenters. The van der Waals surface area contributed by atoms with Gasteiger partial charge < -0.3 is 19.4 Å². The van der Waals surface area contributed by atoms with Crippen LogP contribution in [0.15, 0.2) is 41.2 Å². The van der Waals surface area contributed by atoms with Gasteiger partial charge in [0.1, 0.15) is 17.8 Å². The van der Waals surface area contributed by atoms with Gasteiger partial charge in [0.05, 0.1) is 30.5 Å². The molecule has 1 aromatic carbocycles. The number of furan rings is 1. The van der Waals surface area contributed by atoms with Gasteiger partial charge in [-0.1, -0.05) is 0 Å². The minimum atomic E-state index is -0.440. The summed E-state index contributed by atoms with van der Waals surface area (Å²) in [5, 5.41) is 2.77. The highest BCUT2D eigenvalue weighted by molar-refractivity contribution is 5.96. The van der Waals surface area contributed by atoms with Crippen LogP contribution in [-0.4, -0.2) is 36.9 Å². The lowest BCUT2D eigenvalue weighted by molar-refractivity contribution is -0.121. The largest absolute Gasteiger partial charge is 0.494 e. The molecule has 1 N–H and O–H groups in total. The zero-order valence-corrected chi connectivity index (χ0v) is 13.8. The van der Waals surface area contributed by atoms with Crippen molar-refractivity contribution >= 4 is 17.5 Å². The normalized spacial score (nSPS) is 17.2. The molecule has 25 heavy (non-hydrogen) atoms. The zero-order valence-electron chi connectivity index (χ0n) is 13.8. The molecule has 0 spiro atoms. The molecule has 7 heteroatoms. The number of benzene rings is 1. The zero-order chi connectivity index (χ0) is 17.8. The summed E-state index contributed by atoms with van der Waals surface area (Å²) in [6, 6.07) is 5.54. The van der Waals surface area contributed by atoms with Crippen LogP contribution in [0.25, 0.3) is 0 Å². The van der Waals surface area contributed by atoms with Crippen molar-refractivity contribution in [2.24, 2.45) is 5.92 Å². The molecule has 1 aromatic heterocycles. The van der Waals surface area contributed by atoms with Gasteiger partial charge in [0.2, 0.25) is 5.91 Å². The van der Waals surface area contributed by atoms with E-state index in [0.29, 0.717) is 30.8 Å². The Morgan fingerprint density at radius 3 is 2.92 bits per heavy atom. The first kappa shape index (κ1) is 17.0. The Hall–Kier alpha value is -2.83. The van der Waals surface area contributed by atoms with E-state index in [4.69, 9.17) is 9.15 Å². The number of amides is 2. The lowest BCUT2D eigenvalue weighted by Gasteiger charge is -2.31. The summed E-state index contributed by atoms with van der Waals surface area (Å²) in [5.41, 5.74) is 0.883. The third-order valence-corrected chi connectivity index (χ3v) is 4.27. The van der Waals surface area contributed by atoms with Gasteiger partial charge in [-0.2, -0.15) is 0 Å². The van der Waals surface area contributed by atoms with Crippen molar-refractivity contribution in [3.8, 4) is 5.75 Å². The Balaban J connectivity index is 1.67. The van der Waals surface area contributed by atoms with Crippen molar-refractivity contribution in [1.82, 2.24) is 4.90 Å². The van der Waals surface area contributed by atoms with Crippen molar-refractivity contribution in [3.05, 3.63) is 48.2 Å². The molecule has 132 valence electrons. The quantitative estimate of drug-likeness (QED) is 0.924. The molecule has 2 heterocycles. The summed E-state index contributed by atoms with van der Waals surface area (Å²) in [5.74, 6) is -0.875. The second-order valence-electron chi connectivity index (χ2n) is 5.94. The number of likely N-dealkylation sites (tertiary alicyclic amines) is 1. The molecule has 1 unspecified atom stereocenters. The predicted molar refractivity (Wildman–Crippen MR) is 88.9 cm³/mol. The number of halogens is 1. The lowest BCUT2D eigenvalue weighted by Crippen LogP contribution is -2.43. The summed E-state index contributed by atoms with van der Waals surface area (Å²) in [4.78, 5) is 26.6. The Labute approximate surface area is 144 Å². The number of carbonyl (C=O) groups excluding carboxylic acids is 2. The molecule has 6 nitrogen and oxygen atoms in total. The lowest BCUT2D eigenvalue weighted by atomic mass is 9.96. The molecule has 2 aromatic rings. The molecule has 1 saturated heterocycles. The maximum Gasteiger partial charge on any atom is 0.257 e. The van der Waals surface area contributed by atoms with Crippen LogP contribution in [-0.2, 0) is 4.79 Å². The number of methoxy groups -OCH3 is 1. The molecule has 0 saturated carbocycles. The van der Waals surface area contributed by atoms with Gasteiger partial charge in [-0.05, 0) is 31.0 Å². The third kappa shape index (κ3) is 3.81. The third-order valence-electron chi connectivity index (χ3n) is 4.27. The van der Waals surface area contributed by atoms with Crippen molar-refractivity contribution in [1.29, 1.82) is 0 Å². The monoisotopic (exact) mass is 346 g/mol. The van der Waals surface area contributed by atoms with E-state index in [1.54, 1.807) is 11.0 Å². The topological polar surface area (TPSA) is 71.8 Å².